The number of ether oxygens (including phenoxy) is 1. The van der Waals surface area contributed by atoms with Gasteiger partial charge in [-0.25, -0.2) is 13.2 Å². The molecule has 3 aromatic rings. The molecule has 3 rings (SSSR count). The van der Waals surface area contributed by atoms with Crippen molar-refractivity contribution >= 4 is 48.9 Å². The van der Waals surface area contributed by atoms with Crippen LogP contribution in [0.2, 0.25) is 0 Å². The number of sulfonamides is 1. The van der Waals surface area contributed by atoms with E-state index in [4.69, 9.17) is 4.74 Å². The van der Waals surface area contributed by atoms with Gasteiger partial charge >= 0.3 is 5.97 Å². The van der Waals surface area contributed by atoms with Gasteiger partial charge in [-0.3, -0.25) is 4.72 Å². The first kappa shape index (κ1) is 21.4. The van der Waals surface area contributed by atoms with Crippen LogP contribution in [0.5, 0.6) is 5.75 Å². The summed E-state index contributed by atoms with van der Waals surface area (Å²) in [6.07, 6.45) is 0.449. The van der Waals surface area contributed by atoms with Gasteiger partial charge in [0.2, 0.25) is 0 Å². The molecule has 0 saturated carbocycles. The summed E-state index contributed by atoms with van der Waals surface area (Å²) < 4.78 is 34.8. The number of anilines is 1. The van der Waals surface area contributed by atoms with Crippen molar-refractivity contribution in [3.8, 4) is 5.75 Å². The van der Waals surface area contributed by atoms with Crippen molar-refractivity contribution in [3.63, 3.8) is 0 Å². The van der Waals surface area contributed by atoms with Gasteiger partial charge < -0.3 is 9.84 Å². The Morgan fingerprint density at radius 2 is 1.93 bits per heavy atom. The van der Waals surface area contributed by atoms with Gasteiger partial charge in [-0.15, -0.1) is 11.3 Å². The Labute approximate surface area is 181 Å². The normalized spacial score (nSPS) is 11.3. The lowest BCUT2D eigenvalue weighted by atomic mass is 10.0. The van der Waals surface area contributed by atoms with Crippen LogP contribution >= 0.6 is 27.3 Å². The fourth-order valence-electron chi connectivity index (χ4n) is 2.90. The molecule has 0 atom stereocenters. The Kier molecular flexibility index (Phi) is 6.30. The Hall–Kier alpha value is -2.36. The van der Waals surface area contributed by atoms with Gasteiger partial charge in [0.05, 0.1) is 12.8 Å². The Balaban J connectivity index is 2.04. The van der Waals surface area contributed by atoms with Crippen LogP contribution in [0.3, 0.4) is 0 Å². The molecule has 152 valence electrons. The van der Waals surface area contributed by atoms with E-state index < -0.39 is 16.0 Å². The minimum atomic E-state index is -4.09. The van der Waals surface area contributed by atoms with Gasteiger partial charge in [-0.2, -0.15) is 0 Å². The number of carbonyl (C=O) groups is 1. The summed E-state index contributed by atoms with van der Waals surface area (Å²) in [5.41, 5.74) is 2.42. The molecule has 0 aliphatic heterocycles. The number of hydrogen-bond donors (Lipinski definition) is 2. The highest BCUT2D eigenvalue weighted by Gasteiger charge is 2.27. The van der Waals surface area contributed by atoms with Crippen molar-refractivity contribution in [1.82, 2.24) is 0 Å². The molecule has 9 heteroatoms. The van der Waals surface area contributed by atoms with Gasteiger partial charge in [0.15, 0.2) is 0 Å². The molecule has 2 N–H and O–H groups in total. The third kappa shape index (κ3) is 4.63. The highest BCUT2D eigenvalue weighted by Crippen LogP contribution is 2.32. The first-order chi connectivity index (χ1) is 13.7. The molecule has 0 aliphatic rings. The average molecular weight is 496 g/mol. The first-order valence-electron chi connectivity index (χ1n) is 8.47. The molecule has 2 aromatic carbocycles. The molecule has 6 nitrogen and oxygen atoms in total. The summed E-state index contributed by atoms with van der Waals surface area (Å²) in [6.45, 7) is 1.58. The molecular weight excluding hydrogens is 478 g/mol. The Morgan fingerprint density at radius 3 is 2.59 bits per heavy atom. The topological polar surface area (TPSA) is 92.7 Å². The number of rotatable bonds is 7. The van der Waals surface area contributed by atoms with Crippen molar-refractivity contribution in [2.45, 2.75) is 18.2 Å². The largest absolute Gasteiger partial charge is 0.497 e. The molecule has 0 spiro atoms. The van der Waals surface area contributed by atoms with E-state index in [0.29, 0.717) is 29.0 Å². The Bertz CT molecular complexity index is 1170. The molecule has 0 unspecified atom stereocenters. The molecule has 0 fully saturated rings. The van der Waals surface area contributed by atoms with Crippen LogP contribution in [-0.4, -0.2) is 26.6 Å². The maximum absolute atomic E-state index is 13.0. The second-order valence-electron chi connectivity index (χ2n) is 6.28. The average Bonchev–Trinajstić information content (AvgIpc) is 3.07. The van der Waals surface area contributed by atoms with Crippen molar-refractivity contribution < 1.29 is 23.1 Å². The lowest BCUT2D eigenvalue weighted by Gasteiger charge is -2.15. The quantitative estimate of drug-likeness (QED) is 0.485. The highest BCUT2D eigenvalue weighted by atomic mass is 79.9. The molecule has 0 bridgehead atoms. The number of carboxylic acids is 1. The van der Waals surface area contributed by atoms with Crippen LogP contribution in [-0.2, 0) is 16.4 Å². The molecule has 0 aliphatic carbocycles. The molecule has 0 radical (unpaired) electrons. The monoisotopic (exact) mass is 495 g/mol. The minimum Gasteiger partial charge on any atom is -0.497 e. The van der Waals surface area contributed by atoms with E-state index in [2.05, 4.69) is 20.7 Å². The maximum atomic E-state index is 13.0. The second kappa shape index (κ2) is 8.56. The number of aryl methyl sites for hydroxylation is 1. The number of nitrogens with one attached hydrogen (secondary N) is 1. The highest BCUT2D eigenvalue weighted by molar-refractivity contribution is 9.10. The van der Waals surface area contributed by atoms with E-state index >= 15 is 0 Å². The van der Waals surface area contributed by atoms with E-state index in [1.807, 2.05) is 24.3 Å². The third-order valence-corrected chi connectivity index (χ3v) is 7.82. The van der Waals surface area contributed by atoms with E-state index in [-0.39, 0.29) is 9.77 Å². The van der Waals surface area contributed by atoms with Crippen molar-refractivity contribution in [2.75, 3.05) is 11.8 Å². The third-order valence-electron chi connectivity index (χ3n) is 4.28. The summed E-state index contributed by atoms with van der Waals surface area (Å²) in [4.78, 5) is 11.0. The number of hydrogen-bond acceptors (Lipinski definition) is 5. The van der Waals surface area contributed by atoms with E-state index in [1.165, 1.54) is 12.5 Å². The van der Waals surface area contributed by atoms with Gasteiger partial charge in [0.25, 0.3) is 10.0 Å². The number of halogens is 1. The van der Waals surface area contributed by atoms with Gasteiger partial charge in [-0.1, -0.05) is 34.1 Å². The zero-order chi connectivity index (χ0) is 21.2. The number of benzene rings is 2. The van der Waals surface area contributed by atoms with Crippen molar-refractivity contribution in [2.24, 2.45) is 0 Å². The van der Waals surface area contributed by atoms with E-state index in [0.717, 1.165) is 21.4 Å². The van der Waals surface area contributed by atoms with E-state index in [9.17, 15) is 18.3 Å². The summed E-state index contributed by atoms with van der Waals surface area (Å²) in [5, 5.41) is 10.9. The smallest absolute Gasteiger partial charge is 0.347 e. The summed E-state index contributed by atoms with van der Waals surface area (Å²) in [6, 6.07) is 12.7. The Morgan fingerprint density at radius 1 is 1.21 bits per heavy atom. The van der Waals surface area contributed by atoms with Gasteiger partial charge in [0, 0.05) is 10.9 Å². The zero-order valence-electron chi connectivity index (χ0n) is 15.6. The van der Waals surface area contributed by atoms with Gasteiger partial charge in [0.1, 0.15) is 15.5 Å². The summed E-state index contributed by atoms with van der Waals surface area (Å²) in [7, 11) is -2.56. The molecule has 1 heterocycles. The van der Waals surface area contributed by atoms with Crippen LogP contribution in [0.1, 0.15) is 26.4 Å². The number of thiophene rings is 1. The SMILES string of the molecule is COc1ccc(NS(=O)(=O)c2c(C)csc2C(=O)O)c(Cc2ccccc2Br)c1. The minimum absolute atomic E-state index is 0.211. The number of aromatic carboxylic acids is 1. The van der Waals surface area contributed by atoms with Crippen LogP contribution < -0.4 is 9.46 Å². The summed E-state index contributed by atoms with van der Waals surface area (Å²) >= 11 is 4.40. The first-order valence-corrected chi connectivity index (χ1v) is 11.6. The van der Waals surface area contributed by atoms with Gasteiger partial charge in [-0.05, 0) is 53.3 Å². The van der Waals surface area contributed by atoms with Crippen LogP contribution in [0, 0.1) is 6.92 Å². The fraction of sp³-hybridized carbons (Fsp3) is 0.150. The molecule has 0 amide bonds. The molecule has 1 aromatic heterocycles. The van der Waals surface area contributed by atoms with E-state index in [1.54, 1.807) is 25.1 Å². The van der Waals surface area contributed by atoms with Crippen LogP contribution in [0.15, 0.2) is 57.2 Å². The van der Waals surface area contributed by atoms with Crippen molar-refractivity contribution in [1.29, 1.82) is 0 Å². The fourth-order valence-corrected chi connectivity index (χ4v) is 6.06. The molecule has 0 saturated heterocycles. The lowest BCUT2D eigenvalue weighted by molar-refractivity contribution is 0.0698. The second-order valence-corrected chi connectivity index (χ2v) is 9.63. The van der Waals surface area contributed by atoms with Crippen LogP contribution in [0.4, 0.5) is 5.69 Å². The maximum Gasteiger partial charge on any atom is 0.347 e. The standard InChI is InChI=1S/C20H18BrNO5S2/c1-12-11-28-18(20(23)24)19(12)29(25,26)22-17-8-7-15(27-2)10-14(17)9-13-5-3-4-6-16(13)21/h3-8,10-11,22H,9H2,1-2H3,(H,23,24). The predicted octanol–water partition coefficient (Wildman–Crippen LogP) is 4.92. The molecule has 29 heavy (non-hydrogen) atoms. The molecular formula is C20H18BrNO5S2. The summed E-state index contributed by atoms with van der Waals surface area (Å²) in [5.74, 6) is -0.681. The number of carboxylic acid groups (broad SMARTS) is 1. The lowest BCUT2D eigenvalue weighted by Crippen LogP contribution is -2.17. The predicted molar refractivity (Wildman–Crippen MR) is 117 cm³/mol. The van der Waals surface area contributed by atoms with Crippen molar-refractivity contribution in [3.05, 3.63) is 73.9 Å². The number of methoxy groups -OCH3 is 1. The van der Waals surface area contributed by atoms with Crippen LogP contribution in [0.25, 0.3) is 0 Å². The zero-order valence-corrected chi connectivity index (χ0v) is 18.8.